The second-order valence-corrected chi connectivity index (χ2v) is 14.3. The molecule has 10 rings (SSSR count). The van der Waals surface area contributed by atoms with Crippen molar-refractivity contribution in [1.82, 2.24) is 24.9 Å². The quantitative estimate of drug-likeness (QED) is 0.160. The number of rotatable bonds is 6. The van der Waals surface area contributed by atoms with Gasteiger partial charge in [-0.15, -0.1) is 0 Å². The van der Waals surface area contributed by atoms with Gasteiger partial charge in [0.05, 0.1) is 22.4 Å². The fourth-order valence-electron chi connectivity index (χ4n) is 7.68. The summed E-state index contributed by atoms with van der Waals surface area (Å²) in [4.78, 5) is 24.5. The molecule has 0 fully saturated rings. The van der Waals surface area contributed by atoms with E-state index in [4.69, 9.17) is 19.9 Å². The second-order valence-electron chi connectivity index (χ2n) is 14.3. The predicted octanol–water partition coefficient (Wildman–Crippen LogP) is 12.7. The monoisotopic (exact) mass is 717 g/mol. The molecule has 5 heteroatoms. The minimum absolute atomic E-state index is 0.680. The molecule has 0 aliphatic rings. The van der Waals surface area contributed by atoms with E-state index in [2.05, 4.69) is 151 Å². The van der Waals surface area contributed by atoms with Crippen LogP contribution < -0.4 is 0 Å². The number of nitrogens with zero attached hydrogens (tertiary/aromatic N) is 5. The molecule has 0 aliphatic heterocycles. The van der Waals surface area contributed by atoms with E-state index in [-0.39, 0.29) is 0 Å². The Bertz CT molecular complexity index is 3080. The molecule has 10 aromatic rings. The maximum Gasteiger partial charge on any atom is 0.160 e. The summed E-state index contributed by atoms with van der Waals surface area (Å²) in [5.74, 6) is 0.680. The topological polar surface area (TPSA) is 64.5 Å². The van der Waals surface area contributed by atoms with E-state index in [1.165, 1.54) is 0 Å². The van der Waals surface area contributed by atoms with Crippen LogP contribution in [0.15, 0.2) is 176 Å². The highest BCUT2D eigenvalue weighted by Crippen LogP contribution is 2.36. The number of pyridine rings is 3. The van der Waals surface area contributed by atoms with Gasteiger partial charge in [-0.3, -0.25) is 15.0 Å². The van der Waals surface area contributed by atoms with E-state index in [1.807, 2.05) is 43.6 Å². The van der Waals surface area contributed by atoms with Gasteiger partial charge in [0.15, 0.2) is 5.82 Å². The first-order valence-electron chi connectivity index (χ1n) is 18.8. The van der Waals surface area contributed by atoms with Crippen LogP contribution in [0.5, 0.6) is 0 Å². The molecule has 6 aromatic carbocycles. The van der Waals surface area contributed by atoms with Crippen molar-refractivity contribution in [2.45, 2.75) is 13.8 Å². The molecule has 0 spiro atoms. The average Bonchev–Trinajstić information content (AvgIpc) is 3.26. The summed E-state index contributed by atoms with van der Waals surface area (Å²) in [6, 6.07) is 57.4. The Balaban J connectivity index is 0.995. The lowest BCUT2D eigenvalue weighted by atomic mass is 9.96. The first kappa shape index (κ1) is 33.2. The van der Waals surface area contributed by atoms with Crippen LogP contribution in [0.25, 0.3) is 99.9 Å². The Morgan fingerprint density at radius 1 is 0.357 bits per heavy atom. The zero-order chi connectivity index (χ0) is 37.6. The van der Waals surface area contributed by atoms with Crippen molar-refractivity contribution in [1.29, 1.82) is 0 Å². The minimum atomic E-state index is 0.680. The van der Waals surface area contributed by atoms with Crippen molar-refractivity contribution in [2.75, 3.05) is 0 Å². The Morgan fingerprint density at radius 2 is 1.00 bits per heavy atom. The molecule has 0 aliphatic carbocycles. The van der Waals surface area contributed by atoms with E-state index >= 15 is 0 Å². The molecule has 0 atom stereocenters. The lowest BCUT2D eigenvalue weighted by molar-refractivity contribution is 1.18. The van der Waals surface area contributed by atoms with Gasteiger partial charge in [-0.05, 0) is 82.9 Å². The normalized spacial score (nSPS) is 11.4. The van der Waals surface area contributed by atoms with Crippen molar-refractivity contribution in [3.63, 3.8) is 0 Å². The summed E-state index contributed by atoms with van der Waals surface area (Å²) >= 11 is 0. The molecule has 0 N–H and O–H groups in total. The number of benzene rings is 6. The van der Waals surface area contributed by atoms with Crippen molar-refractivity contribution < 1.29 is 0 Å². The van der Waals surface area contributed by atoms with E-state index < -0.39 is 0 Å². The first-order chi connectivity index (χ1) is 27.5. The number of hydrogen-bond donors (Lipinski definition) is 0. The smallest absolute Gasteiger partial charge is 0.160 e. The molecule has 4 aromatic heterocycles. The van der Waals surface area contributed by atoms with Crippen molar-refractivity contribution >= 4 is 32.6 Å². The Labute approximate surface area is 325 Å². The van der Waals surface area contributed by atoms with Gasteiger partial charge in [-0.1, -0.05) is 133 Å². The third kappa shape index (κ3) is 6.15. The van der Waals surface area contributed by atoms with Gasteiger partial charge in [-0.2, -0.15) is 0 Å². The Hall–Kier alpha value is -7.37. The Morgan fingerprint density at radius 3 is 1.79 bits per heavy atom. The highest BCUT2D eigenvalue weighted by atomic mass is 14.9. The summed E-state index contributed by atoms with van der Waals surface area (Å²) in [6.45, 7) is 4.08. The molecule has 0 bridgehead atoms. The number of fused-ring (bicyclic) bond motifs is 4. The lowest BCUT2D eigenvalue weighted by Gasteiger charge is -2.12. The third-order valence-corrected chi connectivity index (χ3v) is 10.5. The largest absolute Gasteiger partial charge is 0.264 e. The molecule has 0 saturated heterocycles. The molecule has 264 valence electrons. The molecular weight excluding hydrogens is 683 g/mol. The molecule has 56 heavy (non-hydrogen) atoms. The maximum atomic E-state index is 5.17. The van der Waals surface area contributed by atoms with Crippen LogP contribution in [-0.4, -0.2) is 24.9 Å². The molecular formula is C51H35N5. The summed E-state index contributed by atoms with van der Waals surface area (Å²) in [6.07, 6.45) is 3.77. The number of hydrogen-bond acceptors (Lipinski definition) is 5. The zero-order valence-corrected chi connectivity index (χ0v) is 31.0. The van der Waals surface area contributed by atoms with Crippen LogP contribution in [-0.2, 0) is 0 Å². The highest BCUT2D eigenvalue weighted by molar-refractivity contribution is 6.08. The number of aromatic nitrogens is 5. The SMILES string of the molecule is Cc1ccc2ccc3c(-c4ccc(-c5ccc(-c6cc(-c7ccccc7)nc(-c7cccc(-c8cccc9ccncc89)c7)n6)cc5)cc4)cc(C)nc3c2n1. The van der Waals surface area contributed by atoms with Gasteiger partial charge < -0.3 is 0 Å². The second kappa shape index (κ2) is 13.8. The molecule has 0 radical (unpaired) electrons. The number of aryl methyl sites for hydroxylation is 2. The Kier molecular flexibility index (Phi) is 8.19. The van der Waals surface area contributed by atoms with Gasteiger partial charge in [0, 0.05) is 56.6 Å². The van der Waals surface area contributed by atoms with Crippen LogP contribution >= 0.6 is 0 Å². The fraction of sp³-hybridized carbons (Fsp3) is 0.0392. The minimum Gasteiger partial charge on any atom is -0.264 e. The van der Waals surface area contributed by atoms with Crippen LogP contribution in [0.1, 0.15) is 11.4 Å². The molecule has 0 saturated carbocycles. The van der Waals surface area contributed by atoms with Gasteiger partial charge in [0.2, 0.25) is 0 Å². The van der Waals surface area contributed by atoms with Gasteiger partial charge >= 0.3 is 0 Å². The maximum absolute atomic E-state index is 5.17. The summed E-state index contributed by atoms with van der Waals surface area (Å²) < 4.78 is 0. The first-order valence-corrected chi connectivity index (χ1v) is 18.8. The molecule has 4 heterocycles. The van der Waals surface area contributed by atoms with Crippen LogP contribution in [0, 0.1) is 13.8 Å². The van der Waals surface area contributed by atoms with Crippen molar-refractivity contribution in [2.24, 2.45) is 0 Å². The standard InChI is InChI=1S/C51H35N5/c1-32-14-15-40-24-25-44-45(28-33(2)54-50(44)49(40)53-32)37-20-16-34(17-21-37)35-18-22-39(23-19-35)48-30-47(38-8-4-3-5-9-38)55-51(56-48)42-12-6-11-41(29-42)43-13-7-10-36-26-27-52-31-46(36)43/h3-31H,1-2H3. The lowest BCUT2D eigenvalue weighted by Crippen LogP contribution is -1.96. The van der Waals surface area contributed by atoms with E-state index in [0.717, 1.165) is 105 Å². The van der Waals surface area contributed by atoms with Gasteiger partial charge in [0.25, 0.3) is 0 Å². The zero-order valence-electron chi connectivity index (χ0n) is 31.0. The summed E-state index contributed by atoms with van der Waals surface area (Å²) in [5, 5.41) is 4.48. The van der Waals surface area contributed by atoms with Crippen LogP contribution in [0.3, 0.4) is 0 Å². The van der Waals surface area contributed by atoms with E-state index in [0.29, 0.717) is 5.82 Å². The summed E-state index contributed by atoms with van der Waals surface area (Å²) in [5.41, 5.74) is 15.4. The highest BCUT2D eigenvalue weighted by Gasteiger charge is 2.14. The third-order valence-electron chi connectivity index (χ3n) is 10.5. The van der Waals surface area contributed by atoms with Crippen molar-refractivity contribution in [3.05, 3.63) is 188 Å². The summed E-state index contributed by atoms with van der Waals surface area (Å²) in [7, 11) is 0. The van der Waals surface area contributed by atoms with Crippen LogP contribution in [0.2, 0.25) is 0 Å². The predicted molar refractivity (Wildman–Crippen MR) is 230 cm³/mol. The molecule has 0 amide bonds. The average molecular weight is 718 g/mol. The van der Waals surface area contributed by atoms with E-state index in [9.17, 15) is 0 Å². The van der Waals surface area contributed by atoms with Gasteiger partial charge in [-0.25, -0.2) is 9.97 Å². The molecule has 0 unspecified atom stereocenters. The fourth-order valence-corrected chi connectivity index (χ4v) is 7.68. The van der Waals surface area contributed by atoms with Crippen LogP contribution in [0.4, 0.5) is 0 Å². The molecule has 5 nitrogen and oxygen atoms in total. The van der Waals surface area contributed by atoms with E-state index in [1.54, 1.807) is 0 Å². The van der Waals surface area contributed by atoms with Crippen molar-refractivity contribution in [3.8, 4) is 67.3 Å². The van der Waals surface area contributed by atoms with Gasteiger partial charge in [0.1, 0.15) is 0 Å².